The molecule has 0 fully saturated rings. The summed E-state index contributed by atoms with van der Waals surface area (Å²) in [6.45, 7) is 0.503. The predicted molar refractivity (Wildman–Crippen MR) is 89.6 cm³/mol. The van der Waals surface area contributed by atoms with E-state index in [4.69, 9.17) is 11.6 Å². The molecular weight excluding hydrogens is 316 g/mol. The molecule has 5 nitrogen and oxygen atoms in total. The first-order valence-corrected chi connectivity index (χ1v) is 7.40. The fourth-order valence-electron chi connectivity index (χ4n) is 1.92. The van der Waals surface area contributed by atoms with Crippen LogP contribution in [0.4, 0.5) is 5.69 Å². The zero-order valence-corrected chi connectivity index (χ0v) is 13.4. The van der Waals surface area contributed by atoms with Crippen LogP contribution < -0.4 is 10.6 Å². The molecule has 2 aromatic carbocycles. The van der Waals surface area contributed by atoms with Gasteiger partial charge in [-0.05, 0) is 35.9 Å². The van der Waals surface area contributed by atoms with Gasteiger partial charge < -0.3 is 15.4 Å². The molecule has 0 unspecified atom stereocenters. The second-order valence-electron chi connectivity index (χ2n) is 4.79. The number of hydrogen-bond acceptors (Lipinski definition) is 4. The third-order valence-corrected chi connectivity index (χ3v) is 3.56. The number of benzene rings is 2. The summed E-state index contributed by atoms with van der Waals surface area (Å²) in [6.07, 6.45) is 0. The van der Waals surface area contributed by atoms with Gasteiger partial charge in [0.2, 0.25) is 5.91 Å². The fraction of sp³-hybridized carbons (Fsp3) is 0.176. The number of carbonyl (C=O) groups excluding carboxylic acids is 2. The molecule has 0 radical (unpaired) electrons. The summed E-state index contributed by atoms with van der Waals surface area (Å²) in [5.41, 5.74) is 2.07. The van der Waals surface area contributed by atoms with Crippen molar-refractivity contribution >= 4 is 29.2 Å². The van der Waals surface area contributed by atoms with Crippen molar-refractivity contribution in [2.24, 2.45) is 0 Å². The minimum atomic E-state index is -0.394. The van der Waals surface area contributed by atoms with Crippen molar-refractivity contribution in [3.05, 3.63) is 64.7 Å². The summed E-state index contributed by atoms with van der Waals surface area (Å²) in [6, 6.07) is 14.1. The number of hydrogen-bond donors (Lipinski definition) is 2. The van der Waals surface area contributed by atoms with E-state index in [0.29, 0.717) is 17.1 Å². The Morgan fingerprint density at radius 1 is 1.09 bits per heavy atom. The summed E-state index contributed by atoms with van der Waals surface area (Å²) in [5.74, 6) is -0.545. The van der Waals surface area contributed by atoms with E-state index in [0.717, 1.165) is 11.3 Å². The Hall–Kier alpha value is -2.53. The average molecular weight is 333 g/mol. The van der Waals surface area contributed by atoms with Gasteiger partial charge in [0, 0.05) is 17.3 Å². The highest BCUT2D eigenvalue weighted by molar-refractivity contribution is 6.31. The van der Waals surface area contributed by atoms with Gasteiger partial charge in [-0.15, -0.1) is 0 Å². The van der Waals surface area contributed by atoms with Crippen LogP contribution in [0.1, 0.15) is 15.9 Å². The quantitative estimate of drug-likeness (QED) is 0.798. The molecule has 0 bridgehead atoms. The van der Waals surface area contributed by atoms with Gasteiger partial charge in [-0.2, -0.15) is 0 Å². The SMILES string of the molecule is COC(=O)c1ccc(NCC(=O)NCc2ccccc2Cl)cc1. The minimum absolute atomic E-state index is 0.127. The van der Waals surface area contributed by atoms with Crippen LogP contribution in [-0.4, -0.2) is 25.5 Å². The normalized spacial score (nSPS) is 10.0. The maximum atomic E-state index is 11.8. The van der Waals surface area contributed by atoms with Crippen molar-refractivity contribution in [1.82, 2.24) is 5.32 Å². The average Bonchev–Trinajstić information content (AvgIpc) is 2.59. The molecule has 6 heteroatoms. The number of anilines is 1. The molecule has 2 aromatic rings. The Bertz CT molecular complexity index is 686. The second kappa shape index (κ2) is 8.19. The Morgan fingerprint density at radius 2 is 1.78 bits per heavy atom. The molecule has 23 heavy (non-hydrogen) atoms. The highest BCUT2D eigenvalue weighted by Gasteiger charge is 2.06. The van der Waals surface area contributed by atoms with Gasteiger partial charge in [-0.3, -0.25) is 4.79 Å². The topological polar surface area (TPSA) is 67.4 Å². The summed E-state index contributed by atoms with van der Waals surface area (Å²) >= 11 is 6.03. The zero-order chi connectivity index (χ0) is 16.7. The van der Waals surface area contributed by atoms with Crippen molar-refractivity contribution in [1.29, 1.82) is 0 Å². The van der Waals surface area contributed by atoms with Crippen LogP contribution in [0.5, 0.6) is 0 Å². The van der Waals surface area contributed by atoms with Gasteiger partial charge >= 0.3 is 5.97 Å². The number of rotatable bonds is 6. The molecule has 0 aliphatic rings. The van der Waals surface area contributed by atoms with E-state index in [1.807, 2.05) is 18.2 Å². The van der Waals surface area contributed by atoms with Crippen LogP contribution in [0.25, 0.3) is 0 Å². The van der Waals surface area contributed by atoms with E-state index < -0.39 is 5.97 Å². The van der Waals surface area contributed by atoms with E-state index in [1.165, 1.54) is 7.11 Å². The number of amides is 1. The van der Waals surface area contributed by atoms with Gasteiger partial charge in [-0.1, -0.05) is 29.8 Å². The number of carbonyl (C=O) groups is 2. The van der Waals surface area contributed by atoms with Gasteiger partial charge in [0.25, 0.3) is 0 Å². The molecule has 0 saturated carbocycles. The Balaban J connectivity index is 1.80. The largest absolute Gasteiger partial charge is 0.465 e. The van der Waals surface area contributed by atoms with Crippen molar-refractivity contribution in [3.63, 3.8) is 0 Å². The summed E-state index contributed by atoms with van der Waals surface area (Å²) in [5, 5.41) is 6.40. The molecule has 0 atom stereocenters. The third kappa shape index (κ3) is 5.00. The van der Waals surface area contributed by atoms with E-state index in [1.54, 1.807) is 30.3 Å². The Kier molecular flexibility index (Phi) is 6.00. The lowest BCUT2D eigenvalue weighted by atomic mass is 10.2. The van der Waals surface area contributed by atoms with Gasteiger partial charge in [-0.25, -0.2) is 4.79 Å². The lowest BCUT2D eigenvalue weighted by Gasteiger charge is -2.09. The molecule has 2 rings (SSSR count). The van der Waals surface area contributed by atoms with Crippen LogP contribution >= 0.6 is 11.6 Å². The summed E-state index contributed by atoms with van der Waals surface area (Å²) in [4.78, 5) is 23.2. The Morgan fingerprint density at radius 3 is 2.43 bits per heavy atom. The van der Waals surface area contributed by atoms with Crippen molar-refractivity contribution in [2.45, 2.75) is 6.54 Å². The second-order valence-corrected chi connectivity index (χ2v) is 5.20. The zero-order valence-electron chi connectivity index (χ0n) is 12.6. The van der Waals surface area contributed by atoms with E-state index in [2.05, 4.69) is 15.4 Å². The number of halogens is 1. The molecule has 0 spiro atoms. The van der Waals surface area contributed by atoms with Gasteiger partial charge in [0.05, 0.1) is 19.2 Å². The van der Waals surface area contributed by atoms with Crippen LogP contribution in [0.3, 0.4) is 0 Å². The summed E-state index contributed by atoms with van der Waals surface area (Å²) < 4.78 is 4.62. The lowest BCUT2D eigenvalue weighted by Crippen LogP contribution is -2.29. The summed E-state index contributed by atoms with van der Waals surface area (Å²) in [7, 11) is 1.33. The molecule has 0 aromatic heterocycles. The number of esters is 1. The first kappa shape index (κ1) is 16.8. The number of ether oxygens (including phenoxy) is 1. The molecule has 1 amide bonds. The third-order valence-electron chi connectivity index (χ3n) is 3.19. The highest BCUT2D eigenvalue weighted by Crippen LogP contribution is 2.14. The molecule has 0 heterocycles. The van der Waals surface area contributed by atoms with E-state index >= 15 is 0 Å². The predicted octanol–water partition coefficient (Wildman–Crippen LogP) is 2.85. The molecule has 0 aliphatic carbocycles. The maximum absolute atomic E-state index is 11.8. The molecule has 120 valence electrons. The molecule has 0 aliphatic heterocycles. The van der Waals surface area contributed by atoms with Gasteiger partial charge in [0.15, 0.2) is 0 Å². The highest BCUT2D eigenvalue weighted by atomic mass is 35.5. The van der Waals surface area contributed by atoms with Gasteiger partial charge in [0.1, 0.15) is 0 Å². The maximum Gasteiger partial charge on any atom is 0.337 e. The Labute approximate surface area is 139 Å². The standard InChI is InChI=1S/C17H17ClN2O3/c1-23-17(22)12-6-8-14(9-7-12)19-11-16(21)20-10-13-4-2-3-5-15(13)18/h2-9,19H,10-11H2,1H3,(H,20,21). The van der Waals surface area contributed by atoms with Crippen molar-refractivity contribution < 1.29 is 14.3 Å². The first-order chi connectivity index (χ1) is 11.1. The molecule has 0 saturated heterocycles. The van der Waals surface area contributed by atoms with E-state index in [9.17, 15) is 9.59 Å². The van der Waals surface area contributed by atoms with Crippen molar-refractivity contribution in [2.75, 3.05) is 19.0 Å². The fourth-order valence-corrected chi connectivity index (χ4v) is 2.12. The van der Waals surface area contributed by atoms with Crippen LogP contribution in [0, 0.1) is 0 Å². The first-order valence-electron chi connectivity index (χ1n) is 7.02. The molecular formula is C17H17ClN2O3. The van der Waals surface area contributed by atoms with Crippen LogP contribution in [-0.2, 0) is 16.1 Å². The van der Waals surface area contributed by atoms with Crippen LogP contribution in [0.15, 0.2) is 48.5 Å². The van der Waals surface area contributed by atoms with Crippen LogP contribution in [0.2, 0.25) is 5.02 Å². The lowest BCUT2D eigenvalue weighted by molar-refractivity contribution is -0.119. The van der Waals surface area contributed by atoms with E-state index in [-0.39, 0.29) is 12.5 Å². The minimum Gasteiger partial charge on any atom is -0.465 e. The molecule has 2 N–H and O–H groups in total. The van der Waals surface area contributed by atoms with Crippen molar-refractivity contribution in [3.8, 4) is 0 Å². The monoisotopic (exact) mass is 332 g/mol. The smallest absolute Gasteiger partial charge is 0.337 e. The number of nitrogens with one attached hydrogen (secondary N) is 2. The number of methoxy groups -OCH3 is 1.